The second-order valence-corrected chi connectivity index (χ2v) is 7.82. The van der Waals surface area contributed by atoms with Gasteiger partial charge in [0.05, 0.1) is 11.5 Å². The fourth-order valence-electron chi connectivity index (χ4n) is 2.17. The summed E-state index contributed by atoms with van der Waals surface area (Å²) >= 11 is 3.32. The molecule has 0 aromatic heterocycles. The molecule has 106 valence electrons. The summed E-state index contributed by atoms with van der Waals surface area (Å²) in [6, 6.07) is 5.35. The van der Waals surface area contributed by atoms with Gasteiger partial charge in [0.15, 0.2) is 0 Å². The summed E-state index contributed by atoms with van der Waals surface area (Å²) in [5, 5.41) is 0. The van der Waals surface area contributed by atoms with Crippen molar-refractivity contribution in [2.24, 2.45) is 5.92 Å². The molecular formula is C13H18BrNO3S. The summed E-state index contributed by atoms with van der Waals surface area (Å²) in [7, 11) is -1.82. The molecule has 1 heterocycles. The number of halogens is 1. The Morgan fingerprint density at radius 1 is 1.47 bits per heavy atom. The Balaban J connectivity index is 2.22. The third kappa shape index (κ3) is 3.37. The van der Waals surface area contributed by atoms with E-state index in [1.54, 1.807) is 19.2 Å². The van der Waals surface area contributed by atoms with Gasteiger partial charge in [-0.1, -0.05) is 6.07 Å². The molecule has 19 heavy (non-hydrogen) atoms. The maximum Gasteiger partial charge on any atom is 0.243 e. The molecule has 0 saturated carbocycles. The zero-order valence-electron chi connectivity index (χ0n) is 11.1. The number of aryl methyl sites for hydroxylation is 1. The van der Waals surface area contributed by atoms with Crippen molar-refractivity contribution in [2.45, 2.75) is 18.2 Å². The SMILES string of the molecule is Cc1ccc(Br)c(S(=O)(=O)N(C)C[C@H]2CCOC2)c1. The molecule has 1 aromatic rings. The number of nitrogens with zero attached hydrogens (tertiary/aromatic N) is 1. The van der Waals surface area contributed by atoms with Crippen molar-refractivity contribution in [3.05, 3.63) is 28.2 Å². The molecule has 1 aromatic carbocycles. The molecule has 0 radical (unpaired) electrons. The third-order valence-electron chi connectivity index (χ3n) is 3.31. The van der Waals surface area contributed by atoms with Crippen LogP contribution >= 0.6 is 15.9 Å². The lowest BCUT2D eigenvalue weighted by molar-refractivity contribution is 0.182. The molecule has 1 aliphatic heterocycles. The highest BCUT2D eigenvalue weighted by Gasteiger charge is 2.27. The van der Waals surface area contributed by atoms with Crippen LogP contribution in [0.2, 0.25) is 0 Å². The predicted molar refractivity (Wildman–Crippen MR) is 77.6 cm³/mol. The lowest BCUT2D eigenvalue weighted by atomic mass is 10.1. The fraction of sp³-hybridized carbons (Fsp3) is 0.538. The topological polar surface area (TPSA) is 46.6 Å². The summed E-state index contributed by atoms with van der Waals surface area (Å²) in [6.07, 6.45) is 0.925. The fourth-order valence-corrected chi connectivity index (χ4v) is 4.42. The second-order valence-electron chi connectivity index (χ2n) is 4.95. The first-order valence-electron chi connectivity index (χ1n) is 6.21. The molecule has 4 nitrogen and oxygen atoms in total. The number of benzene rings is 1. The lowest BCUT2D eigenvalue weighted by Crippen LogP contribution is -2.32. The van der Waals surface area contributed by atoms with Gasteiger partial charge < -0.3 is 4.74 Å². The summed E-state index contributed by atoms with van der Waals surface area (Å²) in [4.78, 5) is 0.328. The Labute approximate surface area is 122 Å². The van der Waals surface area contributed by atoms with Crippen molar-refractivity contribution in [3.63, 3.8) is 0 Å². The number of rotatable bonds is 4. The molecular weight excluding hydrogens is 330 g/mol. The van der Waals surface area contributed by atoms with Crippen LogP contribution in [-0.4, -0.2) is 39.5 Å². The smallest absolute Gasteiger partial charge is 0.243 e. The van der Waals surface area contributed by atoms with Crippen LogP contribution in [-0.2, 0) is 14.8 Å². The van der Waals surface area contributed by atoms with Crippen molar-refractivity contribution in [1.82, 2.24) is 4.31 Å². The van der Waals surface area contributed by atoms with Crippen LogP contribution < -0.4 is 0 Å². The van der Waals surface area contributed by atoms with Crippen LogP contribution in [0.4, 0.5) is 0 Å². The summed E-state index contributed by atoms with van der Waals surface area (Å²) in [6.45, 7) is 3.76. The number of sulfonamides is 1. The highest BCUT2D eigenvalue weighted by Crippen LogP contribution is 2.26. The Kier molecular flexibility index (Phi) is 4.66. The molecule has 6 heteroatoms. The molecule has 0 amide bonds. The first-order chi connectivity index (χ1) is 8.91. The van der Waals surface area contributed by atoms with E-state index in [0.717, 1.165) is 18.6 Å². The van der Waals surface area contributed by atoms with E-state index in [-0.39, 0.29) is 0 Å². The van der Waals surface area contributed by atoms with E-state index in [2.05, 4.69) is 15.9 Å². The highest BCUT2D eigenvalue weighted by atomic mass is 79.9. The first kappa shape index (κ1) is 15.0. The van der Waals surface area contributed by atoms with Crippen molar-refractivity contribution < 1.29 is 13.2 Å². The van der Waals surface area contributed by atoms with Crippen molar-refractivity contribution in [2.75, 3.05) is 26.8 Å². The Morgan fingerprint density at radius 3 is 2.84 bits per heavy atom. The molecule has 0 N–H and O–H groups in total. The van der Waals surface area contributed by atoms with E-state index in [9.17, 15) is 8.42 Å². The van der Waals surface area contributed by atoms with Gasteiger partial charge in [-0.05, 0) is 52.9 Å². The Hall–Kier alpha value is -0.430. The minimum Gasteiger partial charge on any atom is -0.381 e. The molecule has 1 fully saturated rings. The van der Waals surface area contributed by atoms with Gasteiger partial charge in [0.25, 0.3) is 0 Å². The Bertz CT molecular complexity index is 553. The quantitative estimate of drug-likeness (QED) is 0.840. The number of ether oxygens (including phenoxy) is 1. The van der Waals surface area contributed by atoms with E-state index in [4.69, 9.17) is 4.74 Å². The van der Waals surface area contributed by atoms with Crippen LogP contribution in [0.5, 0.6) is 0 Å². The van der Waals surface area contributed by atoms with Crippen LogP contribution in [0.3, 0.4) is 0 Å². The van der Waals surface area contributed by atoms with Crippen LogP contribution in [0, 0.1) is 12.8 Å². The zero-order valence-corrected chi connectivity index (χ0v) is 13.5. The van der Waals surface area contributed by atoms with Crippen molar-refractivity contribution in [3.8, 4) is 0 Å². The summed E-state index contributed by atoms with van der Waals surface area (Å²) in [5.41, 5.74) is 0.930. The Morgan fingerprint density at radius 2 is 2.21 bits per heavy atom. The standard InChI is InChI=1S/C13H18BrNO3S/c1-10-3-4-12(14)13(7-10)19(16,17)15(2)8-11-5-6-18-9-11/h3-4,7,11H,5-6,8-9H2,1-2H3/t11-/m1/s1. The van der Waals surface area contributed by atoms with Crippen molar-refractivity contribution >= 4 is 26.0 Å². The van der Waals surface area contributed by atoms with E-state index in [1.165, 1.54) is 4.31 Å². The molecule has 2 rings (SSSR count). The van der Waals surface area contributed by atoms with Crippen LogP contribution in [0.15, 0.2) is 27.6 Å². The summed E-state index contributed by atoms with van der Waals surface area (Å²) < 4.78 is 32.4. The summed E-state index contributed by atoms with van der Waals surface area (Å²) in [5.74, 6) is 0.295. The van der Waals surface area contributed by atoms with Crippen molar-refractivity contribution in [1.29, 1.82) is 0 Å². The minimum absolute atomic E-state index is 0.295. The number of hydrogen-bond donors (Lipinski definition) is 0. The highest BCUT2D eigenvalue weighted by molar-refractivity contribution is 9.10. The van der Waals surface area contributed by atoms with E-state index >= 15 is 0 Å². The maximum absolute atomic E-state index is 12.5. The minimum atomic E-state index is -3.45. The number of hydrogen-bond acceptors (Lipinski definition) is 3. The maximum atomic E-state index is 12.5. The molecule has 1 aliphatic rings. The van der Waals surface area contributed by atoms with Gasteiger partial charge in [0.2, 0.25) is 10.0 Å². The van der Waals surface area contributed by atoms with Gasteiger partial charge >= 0.3 is 0 Å². The molecule has 0 spiro atoms. The van der Waals surface area contributed by atoms with Gasteiger partial charge in [0, 0.05) is 24.7 Å². The molecule has 0 aliphatic carbocycles. The average molecular weight is 348 g/mol. The third-order valence-corrected chi connectivity index (χ3v) is 6.13. The normalized spacial score (nSPS) is 20.1. The van der Waals surface area contributed by atoms with E-state index in [1.807, 2.05) is 13.0 Å². The van der Waals surface area contributed by atoms with Gasteiger partial charge in [-0.3, -0.25) is 0 Å². The van der Waals surface area contributed by atoms with Gasteiger partial charge in [-0.15, -0.1) is 0 Å². The predicted octanol–water partition coefficient (Wildman–Crippen LogP) is 2.41. The first-order valence-corrected chi connectivity index (χ1v) is 8.45. The van der Waals surface area contributed by atoms with Gasteiger partial charge in [-0.25, -0.2) is 12.7 Å². The van der Waals surface area contributed by atoms with Gasteiger partial charge in [-0.2, -0.15) is 0 Å². The zero-order chi connectivity index (χ0) is 14.0. The molecule has 0 bridgehead atoms. The van der Waals surface area contributed by atoms with Crippen LogP contribution in [0.1, 0.15) is 12.0 Å². The molecule has 0 unspecified atom stereocenters. The average Bonchev–Trinajstić information content (AvgIpc) is 2.85. The lowest BCUT2D eigenvalue weighted by Gasteiger charge is -2.21. The van der Waals surface area contributed by atoms with Crippen LogP contribution in [0.25, 0.3) is 0 Å². The second kappa shape index (κ2) is 5.91. The molecule has 1 saturated heterocycles. The van der Waals surface area contributed by atoms with E-state index < -0.39 is 10.0 Å². The van der Waals surface area contributed by atoms with E-state index in [0.29, 0.717) is 28.4 Å². The van der Waals surface area contributed by atoms with Gasteiger partial charge in [0.1, 0.15) is 0 Å². The molecule has 1 atom stereocenters. The monoisotopic (exact) mass is 347 g/mol. The largest absolute Gasteiger partial charge is 0.381 e.